The highest BCUT2D eigenvalue weighted by atomic mass is 32.2. The fourth-order valence-electron chi connectivity index (χ4n) is 2.59. The molecule has 0 bridgehead atoms. The van der Waals surface area contributed by atoms with Crippen LogP contribution in [-0.2, 0) is 15.8 Å². The Kier molecular flexibility index (Phi) is 6.46. The van der Waals surface area contributed by atoms with Crippen LogP contribution in [0.3, 0.4) is 0 Å². The van der Waals surface area contributed by atoms with Crippen LogP contribution in [0, 0.1) is 0 Å². The van der Waals surface area contributed by atoms with Gasteiger partial charge in [-0.05, 0) is 48.9 Å². The fourth-order valence-corrected chi connectivity index (χ4v) is 4.37. The third-order valence-electron chi connectivity index (χ3n) is 4.13. The average Bonchev–Trinajstić information content (AvgIpc) is 3.08. The Labute approximate surface area is 174 Å². The van der Waals surface area contributed by atoms with E-state index in [2.05, 4.69) is 10.2 Å². The molecule has 3 rings (SSSR count). The standard InChI is InChI=1S/C19H23N5O3S2/c1-4-27-16-10-8-15(9-11-16)18-21-22-19(24(18)20)28-13-14-6-5-7-17(12-14)29(25,26)23(2)3/h5-12H,4,13,20H2,1-3H3. The van der Waals surface area contributed by atoms with Crippen LogP contribution in [0.5, 0.6) is 5.75 Å². The first-order valence-corrected chi connectivity index (χ1v) is 11.3. The molecule has 0 fully saturated rings. The summed E-state index contributed by atoms with van der Waals surface area (Å²) in [5.41, 5.74) is 1.68. The van der Waals surface area contributed by atoms with E-state index in [-0.39, 0.29) is 4.90 Å². The van der Waals surface area contributed by atoms with Crippen LogP contribution in [0.15, 0.2) is 58.6 Å². The largest absolute Gasteiger partial charge is 0.494 e. The first-order chi connectivity index (χ1) is 13.8. The number of benzene rings is 2. The molecule has 0 atom stereocenters. The molecule has 0 aliphatic rings. The zero-order valence-electron chi connectivity index (χ0n) is 16.4. The molecule has 0 aliphatic carbocycles. The molecule has 2 aromatic carbocycles. The maximum Gasteiger partial charge on any atom is 0.242 e. The lowest BCUT2D eigenvalue weighted by Gasteiger charge is -2.12. The minimum Gasteiger partial charge on any atom is -0.494 e. The van der Waals surface area contributed by atoms with Crippen molar-refractivity contribution in [1.29, 1.82) is 0 Å². The van der Waals surface area contributed by atoms with Crippen LogP contribution in [0.2, 0.25) is 0 Å². The maximum atomic E-state index is 12.3. The van der Waals surface area contributed by atoms with E-state index in [0.717, 1.165) is 16.9 Å². The van der Waals surface area contributed by atoms with Gasteiger partial charge in [0.2, 0.25) is 15.2 Å². The van der Waals surface area contributed by atoms with E-state index in [4.69, 9.17) is 10.6 Å². The van der Waals surface area contributed by atoms with E-state index in [1.807, 2.05) is 37.3 Å². The molecule has 0 aliphatic heterocycles. The zero-order chi connectivity index (χ0) is 21.0. The molecular formula is C19H23N5O3S2. The van der Waals surface area contributed by atoms with Gasteiger partial charge in [-0.25, -0.2) is 17.4 Å². The number of nitrogens with two attached hydrogens (primary N) is 1. The molecule has 0 saturated carbocycles. The summed E-state index contributed by atoms with van der Waals surface area (Å²) in [4.78, 5) is 0.255. The Morgan fingerprint density at radius 2 is 1.86 bits per heavy atom. The summed E-state index contributed by atoms with van der Waals surface area (Å²) < 4.78 is 32.7. The van der Waals surface area contributed by atoms with Gasteiger partial charge in [-0.2, -0.15) is 0 Å². The third-order valence-corrected chi connectivity index (χ3v) is 6.96. The van der Waals surface area contributed by atoms with E-state index < -0.39 is 10.0 Å². The summed E-state index contributed by atoms with van der Waals surface area (Å²) in [7, 11) is -0.454. The number of thioether (sulfide) groups is 1. The Bertz CT molecular complexity index is 1080. The summed E-state index contributed by atoms with van der Waals surface area (Å²) in [6.07, 6.45) is 0. The van der Waals surface area contributed by atoms with E-state index in [1.165, 1.54) is 34.8 Å². The Morgan fingerprint density at radius 1 is 1.14 bits per heavy atom. The monoisotopic (exact) mass is 433 g/mol. The van der Waals surface area contributed by atoms with Gasteiger partial charge >= 0.3 is 0 Å². The number of hydrogen-bond donors (Lipinski definition) is 1. The van der Waals surface area contributed by atoms with Gasteiger partial charge in [0.25, 0.3) is 0 Å². The SMILES string of the molecule is CCOc1ccc(-c2nnc(SCc3cccc(S(=O)(=O)N(C)C)c3)n2N)cc1. The summed E-state index contributed by atoms with van der Waals surface area (Å²) >= 11 is 1.39. The van der Waals surface area contributed by atoms with Gasteiger partial charge in [0.15, 0.2) is 5.82 Å². The predicted octanol–water partition coefficient (Wildman–Crippen LogP) is 2.60. The van der Waals surface area contributed by atoms with E-state index in [9.17, 15) is 8.42 Å². The number of nitrogen functional groups attached to an aromatic ring is 1. The van der Waals surface area contributed by atoms with Crippen molar-refractivity contribution in [1.82, 2.24) is 19.2 Å². The normalized spacial score (nSPS) is 11.7. The minimum absolute atomic E-state index is 0.255. The molecule has 1 heterocycles. The van der Waals surface area contributed by atoms with Crippen LogP contribution in [-0.4, -0.2) is 48.3 Å². The van der Waals surface area contributed by atoms with E-state index >= 15 is 0 Å². The highest BCUT2D eigenvalue weighted by Crippen LogP contribution is 2.26. The molecule has 0 unspecified atom stereocenters. The second-order valence-electron chi connectivity index (χ2n) is 6.36. The number of rotatable bonds is 8. The van der Waals surface area contributed by atoms with Crippen molar-refractivity contribution in [3.8, 4) is 17.1 Å². The lowest BCUT2D eigenvalue weighted by molar-refractivity contribution is 0.340. The lowest BCUT2D eigenvalue weighted by Crippen LogP contribution is -2.22. The lowest BCUT2D eigenvalue weighted by atomic mass is 10.2. The first-order valence-electron chi connectivity index (χ1n) is 8.91. The minimum atomic E-state index is -3.47. The van der Waals surface area contributed by atoms with Crippen molar-refractivity contribution in [2.75, 3.05) is 26.5 Å². The number of aromatic nitrogens is 3. The van der Waals surface area contributed by atoms with Crippen LogP contribution in [0.1, 0.15) is 12.5 Å². The van der Waals surface area contributed by atoms with E-state index in [0.29, 0.717) is 23.3 Å². The summed E-state index contributed by atoms with van der Waals surface area (Å²) in [6, 6.07) is 14.3. The maximum absolute atomic E-state index is 12.3. The van der Waals surface area contributed by atoms with Crippen molar-refractivity contribution in [3.05, 3.63) is 54.1 Å². The van der Waals surface area contributed by atoms with Crippen LogP contribution in [0.4, 0.5) is 0 Å². The molecule has 10 heteroatoms. The van der Waals surface area contributed by atoms with Crippen LogP contribution < -0.4 is 10.6 Å². The quantitative estimate of drug-likeness (QED) is 0.430. The van der Waals surface area contributed by atoms with Crippen LogP contribution in [0.25, 0.3) is 11.4 Å². The number of sulfonamides is 1. The summed E-state index contributed by atoms with van der Waals surface area (Å²) in [5.74, 6) is 8.00. The highest BCUT2D eigenvalue weighted by molar-refractivity contribution is 7.98. The van der Waals surface area contributed by atoms with Gasteiger partial charge in [0.1, 0.15) is 5.75 Å². The van der Waals surface area contributed by atoms with E-state index in [1.54, 1.807) is 18.2 Å². The van der Waals surface area contributed by atoms with Crippen molar-refractivity contribution in [3.63, 3.8) is 0 Å². The summed E-state index contributed by atoms with van der Waals surface area (Å²) in [5, 5.41) is 8.87. The van der Waals surface area contributed by atoms with Gasteiger partial charge in [-0.15, -0.1) is 10.2 Å². The molecule has 0 amide bonds. The number of nitrogens with zero attached hydrogens (tertiary/aromatic N) is 4. The van der Waals surface area contributed by atoms with Crippen LogP contribution >= 0.6 is 11.8 Å². The fraction of sp³-hybridized carbons (Fsp3) is 0.263. The second-order valence-corrected chi connectivity index (χ2v) is 9.45. The second kappa shape index (κ2) is 8.85. The Morgan fingerprint density at radius 3 is 2.52 bits per heavy atom. The third kappa shape index (κ3) is 4.72. The Balaban J connectivity index is 1.74. The molecule has 0 radical (unpaired) electrons. The highest BCUT2D eigenvalue weighted by Gasteiger charge is 2.18. The van der Waals surface area contributed by atoms with Gasteiger partial charge in [0, 0.05) is 25.4 Å². The Hall–Kier alpha value is -2.56. The summed E-state index contributed by atoms with van der Waals surface area (Å²) in [6.45, 7) is 2.53. The smallest absolute Gasteiger partial charge is 0.242 e. The topological polar surface area (TPSA) is 103 Å². The number of ether oxygens (including phenoxy) is 1. The molecule has 2 N–H and O–H groups in total. The predicted molar refractivity (Wildman–Crippen MR) is 114 cm³/mol. The molecule has 8 nitrogen and oxygen atoms in total. The van der Waals surface area contributed by atoms with Gasteiger partial charge < -0.3 is 10.6 Å². The molecule has 1 aromatic heterocycles. The number of hydrogen-bond acceptors (Lipinski definition) is 7. The van der Waals surface area contributed by atoms with Gasteiger partial charge in [0.05, 0.1) is 11.5 Å². The molecule has 29 heavy (non-hydrogen) atoms. The van der Waals surface area contributed by atoms with Crippen molar-refractivity contribution in [2.45, 2.75) is 22.7 Å². The molecule has 3 aromatic rings. The molecule has 0 spiro atoms. The first kappa shape index (κ1) is 21.2. The van der Waals surface area contributed by atoms with Gasteiger partial charge in [-0.1, -0.05) is 23.9 Å². The molecule has 154 valence electrons. The van der Waals surface area contributed by atoms with Crippen molar-refractivity contribution < 1.29 is 13.2 Å². The van der Waals surface area contributed by atoms with Crippen molar-refractivity contribution >= 4 is 21.8 Å². The molecule has 0 saturated heterocycles. The zero-order valence-corrected chi connectivity index (χ0v) is 18.1. The molecular weight excluding hydrogens is 410 g/mol. The average molecular weight is 434 g/mol. The van der Waals surface area contributed by atoms with Gasteiger partial charge in [-0.3, -0.25) is 0 Å². The van der Waals surface area contributed by atoms with Crippen molar-refractivity contribution in [2.24, 2.45) is 0 Å².